The van der Waals surface area contributed by atoms with E-state index in [9.17, 15) is 12.6 Å². The minimum Gasteiger partial charge on any atom is -0.256 e. The zero-order chi connectivity index (χ0) is 21.6. The Bertz CT molecular complexity index is 1320. The molecule has 1 fully saturated rings. The van der Waals surface area contributed by atoms with Crippen molar-refractivity contribution >= 4 is 65.2 Å². The van der Waals surface area contributed by atoms with Gasteiger partial charge in [-0.25, -0.2) is 18.1 Å². The molecule has 0 spiro atoms. The summed E-state index contributed by atoms with van der Waals surface area (Å²) in [4.78, 5) is 0.0491. The molecule has 162 valence electrons. The van der Waals surface area contributed by atoms with Crippen LogP contribution in [0.1, 0.15) is 24.8 Å². The van der Waals surface area contributed by atoms with Crippen molar-refractivity contribution in [2.24, 2.45) is 10.3 Å². The van der Waals surface area contributed by atoms with E-state index < -0.39 is 21.3 Å². The fraction of sp³-hybridized carbons (Fsp3) is 0.250. The second-order valence-corrected chi connectivity index (χ2v) is 11.4. The van der Waals surface area contributed by atoms with Gasteiger partial charge >= 0.3 is 11.3 Å². The standard InChI is InChI=1S/C20H18ClN3O4S3/c21-18-14-5-1-3-7-16(14)29-20(18)24(12-11-13-9-10-13)31(26,27)17-8-4-2-6-15(17)19-22-28-30(25)23-19/h1-8,13H,9-12H2,(H,22,23). The van der Waals surface area contributed by atoms with Crippen LogP contribution in [-0.2, 0) is 25.6 Å². The van der Waals surface area contributed by atoms with Crippen LogP contribution in [0.5, 0.6) is 0 Å². The summed E-state index contributed by atoms with van der Waals surface area (Å²) < 4.78 is 50.3. The van der Waals surface area contributed by atoms with Gasteiger partial charge in [0.25, 0.3) is 10.0 Å². The van der Waals surface area contributed by atoms with Crippen LogP contribution in [0.2, 0.25) is 5.02 Å². The van der Waals surface area contributed by atoms with Crippen molar-refractivity contribution in [3.05, 3.63) is 59.1 Å². The molecule has 1 unspecified atom stereocenters. The van der Waals surface area contributed by atoms with Gasteiger partial charge in [0.1, 0.15) is 5.00 Å². The van der Waals surface area contributed by atoms with Gasteiger partial charge in [-0.15, -0.1) is 15.7 Å². The second kappa shape index (κ2) is 8.18. The fourth-order valence-corrected chi connectivity index (χ4v) is 7.48. The maximum atomic E-state index is 13.9. The number of halogens is 1. The topological polar surface area (TPSA) is 88.1 Å². The molecule has 2 heterocycles. The van der Waals surface area contributed by atoms with Crippen LogP contribution in [0.4, 0.5) is 5.00 Å². The van der Waals surface area contributed by atoms with Gasteiger partial charge < -0.3 is 0 Å². The summed E-state index contributed by atoms with van der Waals surface area (Å²) in [5, 5.41) is 1.76. The third-order valence-corrected chi connectivity index (χ3v) is 9.49. The number of thiophene rings is 1. The first-order valence-electron chi connectivity index (χ1n) is 9.68. The first kappa shape index (κ1) is 20.9. The summed E-state index contributed by atoms with van der Waals surface area (Å²) >= 11 is 6.13. The predicted molar refractivity (Wildman–Crippen MR) is 124 cm³/mol. The van der Waals surface area contributed by atoms with Gasteiger partial charge in [0.05, 0.1) is 9.92 Å². The minimum atomic E-state index is -3.99. The van der Waals surface area contributed by atoms with Gasteiger partial charge in [-0.1, -0.05) is 54.8 Å². The molecule has 1 aliphatic carbocycles. The van der Waals surface area contributed by atoms with E-state index in [0.717, 1.165) is 29.3 Å². The number of nitrogens with one attached hydrogen (secondary N) is 1. The summed E-state index contributed by atoms with van der Waals surface area (Å²) in [5.74, 6) is 0.653. The van der Waals surface area contributed by atoms with Gasteiger partial charge in [-0.2, -0.15) is 4.28 Å². The Morgan fingerprint density at radius 3 is 2.65 bits per heavy atom. The smallest absolute Gasteiger partial charge is 0.256 e. The number of rotatable bonds is 7. The Morgan fingerprint density at radius 1 is 1.19 bits per heavy atom. The summed E-state index contributed by atoms with van der Waals surface area (Å²) in [6.07, 6.45) is 3.00. The van der Waals surface area contributed by atoms with E-state index >= 15 is 0 Å². The van der Waals surface area contributed by atoms with E-state index in [2.05, 4.69) is 9.88 Å². The molecule has 1 aromatic heterocycles. The van der Waals surface area contributed by atoms with Crippen molar-refractivity contribution in [3.8, 4) is 0 Å². The lowest BCUT2D eigenvalue weighted by Crippen LogP contribution is -2.33. The van der Waals surface area contributed by atoms with Crippen molar-refractivity contribution in [1.29, 1.82) is 0 Å². The highest BCUT2D eigenvalue weighted by Crippen LogP contribution is 2.45. The van der Waals surface area contributed by atoms with Crippen LogP contribution in [-0.4, -0.2) is 25.0 Å². The lowest BCUT2D eigenvalue weighted by Gasteiger charge is -2.24. The van der Waals surface area contributed by atoms with Crippen molar-refractivity contribution < 1.29 is 16.9 Å². The van der Waals surface area contributed by atoms with Crippen molar-refractivity contribution in [2.45, 2.75) is 24.2 Å². The van der Waals surface area contributed by atoms with E-state index in [1.807, 2.05) is 24.3 Å². The first-order valence-corrected chi connectivity index (χ1v) is 13.3. The zero-order valence-corrected chi connectivity index (χ0v) is 19.4. The Balaban J connectivity index is 1.63. The third kappa shape index (κ3) is 3.98. The molecule has 5 rings (SSSR count). The number of fused-ring (bicyclic) bond motifs is 1. The van der Waals surface area contributed by atoms with Gasteiger partial charge in [-0.3, -0.25) is 4.31 Å². The largest absolute Gasteiger partial charge is 0.309 e. The number of benzene rings is 2. The number of amidine groups is 1. The van der Waals surface area contributed by atoms with Gasteiger partial charge in [-0.05, 0) is 30.5 Å². The molecule has 1 aliphatic heterocycles. The molecule has 0 radical (unpaired) electrons. The average Bonchev–Trinajstić information content (AvgIpc) is 3.41. The number of hydrogen-bond acceptors (Lipinski definition) is 6. The van der Waals surface area contributed by atoms with Crippen LogP contribution in [0.15, 0.2) is 57.8 Å². The Kier molecular flexibility index (Phi) is 5.51. The molecular formula is C20H18ClN3O4S3. The van der Waals surface area contributed by atoms with E-state index in [0.29, 0.717) is 28.0 Å². The highest BCUT2D eigenvalue weighted by molar-refractivity contribution is 7.93. The normalized spacial score (nSPS) is 18.7. The molecule has 1 saturated carbocycles. The summed E-state index contributed by atoms with van der Waals surface area (Å²) in [6, 6.07) is 14.1. The molecule has 2 aromatic carbocycles. The molecule has 2 aliphatic rings. The monoisotopic (exact) mass is 495 g/mol. The van der Waals surface area contributed by atoms with Crippen molar-refractivity contribution in [3.63, 3.8) is 0 Å². The Labute approximate surface area is 191 Å². The maximum absolute atomic E-state index is 13.9. The van der Waals surface area contributed by atoms with Gasteiger partial charge in [0, 0.05) is 22.2 Å². The van der Waals surface area contributed by atoms with E-state index in [4.69, 9.17) is 15.9 Å². The number of sulfonamides is 1. The lowest BCUT2D eigenvalue weighted by atomic mass is 10.2. The minimum absolute atomic E-state index is 0.0491. The summed E-state index contributed by atoms with van der Waals surface area (Å²) in [5.41, 5.74) is 2.74. The first-order chi connectivity index (χ1) is 14.9. The molecule has 11 heteroatoms. The molecule has 3 aromatic rings. The fourth-order valence-electron chi connectivity index (χ4n) is 3.50. The summed E-state index contributed by atoms with van der Waals surface area (Å²) in [7, 11) is -3.99. The number of nitrogens with zero attached hydrogens (tertiary/aromatic N) is 2. The lowest BCUT2D eigenvalue weighted by molar-refractivity contribution is 0.305. The van der Waals surface area contributed by atoms with Gasteiger partial charge in [0.2, 0.25) is 0 Å². The maximum Gasteiger partial charge on any atom is 0.309 e. The average molecular weight is 496 g/mol. The van der Waals surface area contributed by atoms with E-state index in [1.165, 1.54) is 21.7 Å². The van der Waals surface area contributed by atoms with E-state index in [1.54, 1.807) is 18.2 Å². The SMILES string of the molecule is O=S1N=C(c2ccccc2S(=O)(=O)N(CCC2CC2)c2sc3ccccc3c2Cl)NO1. The highest BCUT2D eigenvalue weighted by atomic mass is 35.5. The molecular weight excluding hydrogens is 478 g/mol. The molecule has 0 saturated heterocycles. The third-order valence-electron chi connectivity index (χ3n) is 5.27. The molecule has 0 bridgehead atoms. The van der Waals surface area contributed by atoms with Crippen molar-refractivity contribution in [2.75, 3.05) is 10.8 Å². The Morgan fingerprint density at radius 2 is 1.94 bits per heavy atom. The summed E-state index contributed by atoms with van der Waals surface area (Å²) in [6.45, 7) is 0.330. The molecule has 7 nitrogen and oxygen atoms in total. The van der Waals surface area contributed by atoms with Crippen LogP contribution in [0.25, 0.3) is 10.1 Å². The number of anilines is 1. The molecule has 0 amide bonds. The number of hydrogen-bond donors (Lipinski definition) is 1. The van der Waals surface area contributed by atoms with Crippen molar-refractivity contribution in [1.82, 2.24) is 5.48 Å². The van der Waals surface area contributed by atoms with Crippen LogP contribution >= 0.6 is 22.9 Å². The van der Waals surface area contributed by atoms with Crippen LogP contribution in [0, 0.1) is 5.92 Å². The van der Waals surface area contributed by atoms with Crippen LogP contribution < -0.4 is 9.79 Å². The van der Waals surface area contributed by atoms with E-state index in [-0.39, 0.29) is 10.7 Å². The van der Waals surface area contributed by atoms with Gasteiger partial charge in [0.15, 0.2) is 5.84 Å². The number of hydroxylamine groups is 1. The zero-order valence-electron chi connectivity index (χ0n) is 16.2. The molecule has 1 N–H and O–H groups in total. The quantitative estimate of drug-likeness (QED) is 0.524. The molecule has 31 heavy (non-hydrogen) atoms. The van der Waals surface area contributed by atoms with Crippen LogP contribution in [0.3, 0.4) is 0 Å². The Hall–Kier alpha value is -1.98. The highest BCUT2D eigenvalue weighted by Gasteiger charge is 2.34. The predicted octanol–water partition coefficient (Wildman–Crippen LogP) is 4.41. The second-order valence-electron chi connectivity index (χ2n) is 7.37. The molecule has 1 atom stereocenters.